The van der Waals surface area contributed by atoms with Gasteiger partial charge in [0.15, 0.2) is 0 Å². The topological polar surface area (TPSA) is 165 Å². The van der Waals surface area contributed by atoms with E-state index in [1.807, 2.05) is 0 Å². The van der Waals surface area contributed by atoms with Gasteiger partial charge in [-0.15, -0.1) is 0 Å². The number of carbonyl (C=O) groups is 4. The number of nitrogens with one attached hydrogen (secondary N) is 5. The van der Waals surface area contributed by atoms with Crippen molar-refractivity contribution < 1.29 is 33.2 Å². The fourth-order valence-corrected chi connectivity index (χ4v) is 2.80. The average molecular weight is 472 g/mol. The zero-order chi connectivity index (χ0) is 24.7. The quantitative estimate of drug-likeness (QED) is 0.216. The van der Waals surface area contributed by atoms with Gasteiger partial charge >= 0.3 is 0 Å². The molecular formula is C21H18F2N6O5. The highest BCUT2D eigenvalue weighted by molar-refractivity contribution is 6.11. The lowest BCUT2D eigenvalue weighted by atomic mass is 10.1. The lowest BCUT2D eigenvalue weighted by Gasteiger charge is -2.09. The molecule has 0 unspecified atom stereocenters. The van der Waals surface area contributed by atoms with Crippen molar-refractivity contribution in [2.24, 2.45) is 0 Å². The first-order valence-electron chi connectivity index (χ1n) is 9.71. The molecule has 176 valence electrons. The number of anilines is 2. The summed E-state index contributed by atoms with van der Waals surface area (Å²) in [4.78, 5) is 47.9. The third-order valence-corrected chi connectivity index (χ3v) is 4.47. The molecule has 11 nitrogen and oxygen atoms in total. The minimum atomic E-state index is -1.10. The maximum Gasteiger partial charge on any atom is 0.275 e. The first kappa shape index (κ1) is 24.0. The Bertz CT molecular complexity index is 1210. The van der Waals surface area contributed by atoms with Crippen LogP contribution in [0.4, 0.5) is 20.2 Å². The summed E-state index contributed by atoms with van der Waals surface area (Å²) in [6, 6.07) is 8.70. The summed E-state index contributed by atoms with van der Waals surface area (Å²) in [5.74, 6) is -5.05. The van der Waals surface area contributed by atoms with E-state index in [0.29, 0.717) is 5.69 Å². The smallest absolute Gasteiger partial charge is 0.275 e. The number of nitrogens with zero attached hydrogens (tertiary/aromatic N) is 1. The summed E-state index contributed by atoms with van der Waals surface area (Å²) in [5.41, 5.74) is 0.921. The zero-order valence-electron chi connectivity index (χ0n) is 17.3. The van der Waals surface area contributed by atoms with Crippen molar-refractivity contribution in [2.45, 2.75) is 6.42 Å². The van der Waals surface area contributed by atoms with Crippen LogP contribution in [0.5, 0.6) is 0 Å². The number of rotatable bonds is 8. The van der Waals surface area contributed by atoms with Crippen LogP contribution in [0.2, 0.25) is 0 Å². The average Bonchev–Trinajstić information content (AvgIpc) is 3.27. The number of halogens is 2. The summed E-state index contributed by atoms with van der Waals surface area (Å²) in [7, 11) is 0. The van der Waals surface area contributed by atoms with Crippen molar-refractivity contribution in [1.29, 1.82) is 0 Å². The molecule has 0 aliphatic rings. The number of hydroxylamine groups is 1. The minimum Gasteiger partial charge on any atom is -0.352 e. The van der Waals surface area contributed by atoms with E-state index in [-0.39, 0.29) is 29.9 Å². The van der Waals surface area contributed by atoms with Gasteiger partial charge in [0.1, 0.15) is 22.9 Å². The standard InChI is InChI=1S/C21H18F2N6O5/c22-13-2-1-3-14(23)17(13)20(32)27-15-10-25-28-18(15)21(33)26-12-6-4-11(5-7-12)19(31)24-9-8-16(30)29-34/h1-7,10,34H,8-9H2,(H,24,31)(H,25,28)(H,26,33)(H,27,32)(H,29,30). The predicted octanol–water partition coefficient (Wildman–Crippen LogP) is 1.82. The molecule has 0 aliphatic carbocycles. The molecular weight excluding hydrogens is 454 g/mol. The molecule has 4 amide bonds. The number of H-pyrrole nitrogens is 1. The number of amides is 4. The van der Waals surface area contributed by atoms with Gasteiger partial charge in [-0.25, -0.2) is 14.3 Å². The molecule has 0 radical (unpaired) electrons. The van der Waals surface area contributed by atoms with Crippen LogP contribution in [0.1, 0.15) is 37.6 Å². The highest BCUT2D eigenvalue weighted by atomic mass is 19.1. The Kier molecular flexibility index (Phi) is 7.61. The first-order valence-corrected chi connectivity index (χ1v) is 9.71. The van der Waals surface area contributed by atoms with Crippen LogP contribution in [-0.4, -0.2) is 45.6 Å². The van der Waals surface area contributed by atoms with Crippen molar-refractivity contribution in [3.8, 4) is 0 Å². The highest BCUT2D eigenvalue weighted by Gasteiger charge is 2.21. The molecule has 3 rings (SSSR count). The third-order valence-electron chi connectivity index (χ3n) is 4.47. The van der Waals surface area contributed by atoms with Gasteiger partial charge in [-0.05, 0) is 36.4 Å². The van der Waals surface area contributed by atoms with E-state index in [9.17, 15) is 28.0 Å². The molecule has 34 heavy (non-hydrogen) atoms. The van der Waals surface area contributed by atoms with Crippen LogP contribution in [0.3, 0.4) is 0 Å². The summed E-state index contributed by atoms with van der Waals surface area (Å²) in [6.45, 7) is 0.00875. The lowest BCUT2D eigenvalue weighted by Crippen LogP contribution is -2.29. The Hall–Kier alpha value is -4.65. The van der Waals surface area contributed by atoms with Crippen LogP contribution in [-0.2, 0) is 4.79 Å². The third kappa shape index (κ3) is 5.77. The molecule has 0 atom stereocenters. The lowest BCUT2D eigenvalue weighted by molar-refractivity contribution is -0.129. The summed E-state index contributed by atoms with van der Waals surface area (Å²) >= 11 is 0. The largest absolute Gasteiger partial charge is 0.352 e. The monoisotopic (exact) mass is 472 g/mol. The number of benzene rings is 2. The fourth-order valence-electron chi connectivity index (χ4n) is 2.80. The van der Waals surface area contributed by atoms with E-state index in [1.54, 1.807) is 0 Å². The molecule has 0 saturated heterocycles. The summed E-state index contributed by atoms with van der Waals surface area (Å²) < 4.78 is 27.7. The van der Waals surface area contributed by atoms with E-state index in [0.717, 1.165) is 24.4 Å². The van der Waals surface area contributed by atoms with Gasteiger partial charge < -0.3 is 16.0 Å². The van der Waals surface area contributed by atoms with Crippen LogP contribution < -0.4 is 21.4 Å². The Morgan fingerprint density at radius 2 is 1.59 bits per heavy atom. The SMILES string of the molecule is O=C(CCNC(=O)c1ccc(NC(=O)c2[nH]ncc2NC(=O)c2c(F)cccc2F)cc1)NO. The number of hydrogen-bond acceptors (Lipinski definition) is 6. The number of aromatic amines is 1. The van der Waals surface area contributed by atoms with Gasteiger partial charge in [0.05, 0.1) is 11.9 Å². The molecule has 3 aromatic rings. The Morgan fingerprint density at radius 3 is 2.24 bits per heavy atom. The van der Waals surface area contributed by atoms with E-state index in [1.165, 1.54) is 29.7 Å². The van der Waals surface area contributed by atoms with Gasteiger partial charge in [-0.3, -0.25) is 29.5 Å². The van der Waals surface area contributed by atoms with Crippen molar-refractivity contribution in [2.75, 3.05) is 17.2 Å². The second-order valence-corrected chi connectivity index (χ2v) is 6.78. The van der Waals surface area contributed by atoms with Gasteiger partial charge in [0.2, 0.25) is 5.91 Å². The fraction of sp³-hybridized carbons (Fsp3) is 0.0952. The van der Waals surface area contributed by atoms with Crippen molar-refractivity contribution >= 4 is 35.0 Å². The molecule has 0 bridgehead atoms. The van der Waals surface area contributed by atoms with E-state index < -0.39 is 40.8 Å². The van der Waals surface area contributed by atoms with Gasteiger partial charge in [-0.1, -0.05) is 6.07 Å². The molecule has 0 fully saturated rings. The molecule has 13 heteroatoms. The molecule has 0 saturated carbocycles. The molecule has 2 aromatic carbocycles. The minimum absolute atomic E-state index is 0.00875. The van der Waals surface area contributed by atoms with Crippen LogP contribution in [0, 0.1) is 11.6 Å². The zero-order valence-corrected chi connectivity index (χ0v) is 17.3. The Labute approximate surface area is 190 Å². The molecule has 6 N–H and O–H groups in total. The maximum atomic E-state index is 13.8. The molecule has 0 aliphatic heterocycles. The van der Waals surface area contributed by atoms with Crippen LogP contribution in [0.15, 0.2) is 48.7 Å². The van der Waals surface area contributed by atoms with Crippen LogP contribution in [0.25, 0.3) is 0 Å². The van der Waals surface area contributed by atoms with Gasteiger partial charge in [-0.2, -0.15) is 5.10 Å². The van der Waals surface area contributed by atoms with E-state index >= 15 is 0 Å². The predicted molar refractivity (Wildman–Crippen MR) is 114 cm³/mol. The molecule has 1 heterocycles. The van der Waals surface area contributed by atoms with Crippen molar-refractivity contribution in [1.82, 2.24) is 21.0 Å². The number of aromatic nitrogens is 2. The van der Waals surface area contributed by atoms with E-state index in [2.05, 4.69) is 26.1 Å². The Morgan fingerprint density at radius 1 is 0.912 bits per heavy atom. The van der Waals surface area contributed by atoms with Gasteiger partial charge in [0, 0.05) is 24.2 Å². The van der Waals surface area contributed by atoms with E-state index in [4.69, 9.17) is 5.21 Å². The second-order valence-electron chi connectivity index (χ2n) is 6.78. The second kappa shape index (κ2) is 10.8. The maximum absolute atomic E-state index is 13.8. The Balaban J connectivity index is 1.63. The molecule has 1 aromatic heterocycles. The van der Waals surface area contributed by atoms with Crippen LogP contribution >= 0.6 is 0 Å². The number of carbonyl (C=O) groups excluding carboxylic acids is 4. The van der Waals surface area contributed by atoms with Gasteiger partial charge in [0.25, 0.3) is 17.7 Å². The summed E-state index contributed by atoms with van der Waals surface area (Å²) in [5, 5.41) is 21.8. The van der Waals surface area contributed by atoms with Crippen molar-refractivity contribution in [3.63, 3.8) is 0 Å². The number of hydrogen-bond donors (Lipinski definition) is 6. The summed E-state index contributed by atoms with van der Waals surface area (Å²) in [6.07, 6.45) is 0.999. The first-order chi connectivity index (χ1) is 16.3. The molecule has 0 spiro atoms. The normalized spacial score (nSPS) is 10.3. The highest BCUT2D eigenvalue weighted by Crippen LogP contribution is 2.19. The van der Waals surface area contributed by atoms with Crippen molar-refractivity contribution in [3.05, 3.63) is 77.1 Å².